The fraction of sp³-hybridized carbons (Fsp3) is 0.286. The molecule has 0 saturated carbocycles. The monoisotopic (exact) mass is 244 g/mol. The second kappa shape index (κ2) is 5.04. The van der Waals surface area contributed by atoms with Crippen molar-refractivity contribution in [3.8, 4) is 5.69 Å². The maximum atomic E-state index is 11.3. The van der Waals surface area contributed by atoms with Crippen molar-refractivity contribution in [3.05, 3.63) is 47.5 Å². The van der Waals surface area contributed by atoms with Crippen molar-refractivity contribution in [3.63, 3.8) is 0 Å². The summed E-state index contributed by atoms with van der Waals surface area (Å²) in [5.41, 5.74) is 2.02. The SMILES string of the molecule is CCCc1nccn1-c1cc(C)ccc1C(=O)O. The number of imidazole rings is 1. The van der Waals surface area contributed by atoms with Crippen LogP contribution in [0.1, 0.15) is 35.1 Å². The first-order chi connectivity index (χ1) is 8.63. The van der Waals surface area contributed by atoms with Crippen molar-refractivity contribution in [2.45, 2.75) is 26.7 Å². The van der Waals surface area contributed by atoms with Crippen molar-refractivity contribution in [2.75, 3.05) is 0 Å². The number of carbonyl (C=O) groups is 1. The standard InChI is InChI=1S/C14H16N2O2/c1-3-4-13-15-7-8-16(13)12-9-10(2)5-6-11(12)14(17)18/h5-9H,3-4H2,1-2H3,(H,17,18). The molecule has 2 rings (SSSR count). The van der Waals surface area contributed by atoms with E-state index in [1.165, 1.54) is 0 Å². The summed E-state index contributed by atoms with van der Waals surface area (Å²) in [5, 5.41) is 9.24. The molecule has 0 amide bonds. The van der Waals surface area contributed by atoms with Crippen molar-refractivity contribution in [2.24, 2.45) is 0 Å². The molecule has 0 aliphatic rings. The molecule has 2 aromatic rings. The molecule has 0 unspecified atom stereocenters. The zero-order valence-corrected chi connectivity index (χ0v) is 10.6. The molecule has 1 N–H and O–H groups in total. The first-order valence-electron chi connectivity index (χ1n) is 6.00. The number of nitrogens with zero attached hydrogens (tertiary/aromatic N) is 2. The number of aromatic carboxylic acids is 1. The molecule has 1 aromatic carbocycles. The minimum atomic E-state index is -0.916. The highest BCUT2D eigenvalue weighted by atomic mass is 16.4. The van der Waals surface area contributed by atoms with E-state index in [0.717, 1.165) is 24.2 Å². The molecule has 1 aromatic heterocycles. The number of carboxylic acid groups (broad SMARTS) is 1. The molecule has 4 heteroatoms. The average Bonchev–Trinajstić information content (AvgIpc) is 2.77. The molecule has 0 bridgehead atoms. The summed E-state index contributed by atoms with van der Waals surface area (Å²) >= 11 is 0. The van der Waals surface area contributed by atoms with Gasteiger partial charge in [0.05, 0.1) is 11.3 Å². The highest BCUT2D eigenvalue weighted by Gasteiger charge is 2.13. The van der Waals surface area contributed by atoms with Gasteiger partial charge in [-0.15, -0.1) is 0 Å². The molecule has 0 radical (unpaired) electrons. The van der Waals surface area contributed by atoms with Gasteiger partial charge in [-0.3, -0.25) is 0 Å². The van der Waals surface area contributed by atoms with E-state index in [-0.39, 0.29) is 0 Å². The van der Waals surface area contributed by atoms with Gasteiger partial charge in [0.2, 0.25) is 0 Å². The van der Waals surface area contributed by atoms with Crippen LogP contribution >= 0.6 is 0 Å². The fourth-order valence-electron chi connectivity index (χ4n) is 1.98. The normalized spacial score (nSPS) is 10.6. The lowest BCUT2D eigenvalue weighted by atomic mass is 10.1. The van der Waals surface area contributed by atoms with Gasteiger partial charge in [0.1, 0.15) is 5.82 Å². The molecule has 4 nitrogen and oxygen atoms in total. The van der Waals surface area contributed by atoms with Crippen molar-refractivity contribution >= 4 is 5.97 Å². The minimum Gasteiger partial charge on any atom is -0.478 e. The van der Waals surface area contributed by atoms with E-state index in [9.17, 15) is 9.90 Å². The number of rotatable bonds is 4. The van der Waals surface area contributed by atoms with E-state index in [0.29, 0.717) is 11.3 Å². The van der Waals surface area contributed by atoms with Crippen LogP contribution in [0.4, 0.5) is 0 Å². The van der Waals surface area contributed by atoms with Gasteiger partial charge in [-0.25, -0.2) is 9.78 Å². The number of carboxylic acids is 1. The largest absolute Gasteiger partial charge is 0.478 e. The number of aryl methyl sites for hydroxylation is 2. The van der Waals surface area contributed by atoms with Gasteiger partial charge >= 0.3 is 5.97 Å². The Hall–Kier alpha value is -2.10. The summed E-state index contributed by atoms with van der Waals surface area (Å²) in [6.45, 7) is 4.03. The van der Waals surface area contributed by atoms with Crippen LogP contribution < -0.4 is 0 Å². The van der Waals surface area contributed by atoms with Crippen LogP contribution in [0.15, 0.2) is 30.6 Å². The van der Waals surface area contributed by atoms with E-state index < -0.39 is 5.97 Å². The van der Waals surface area contributed by atoms with Crippen LogP contribution in [0.3, 0.4) is 0 Å². The predicted molar refractivity (Wildman–Crippen MR) is 69.3 cm³/mol. The third kappa shape index (κ3) is 2.27. The number of aromatic nitrogens is 2. The van der Waals surface area contributed by atoms with Crippen LogP contribution in [-0.2, 0) is 6.42 Å². The molecule has 0 fully saturated rings. The van der Waals surface area contributed by atoms with Crippen LogP contribution in [0.25, 0.3) is 5.69 Å². The summed E-state index contributed by atoms with van der Waals surface area (Å²) in [6, 6.07) is 5.33. The Kier molecular flexibility index (Phi) is 3.46. The maximum Gasteiger partial charge on any atom is 0.337 e. The Labute approximate surface area is 106 Å². The summed E-state index contributed by atoms with van der Waals surface area (Å²) in [7, 11) is 0. The zero-order chi connectivity index (χ0) is 13.1. The van der Waals surface area contributed by atoms with E-state index in [4.69, 9.17) is 0 Å². The predicted octanol–water partition coefficient (Wildman–Crippen LogP) is 2.83. The van der Waals surface area contributed by atoms with Crippen molar-refractivity contribution in [1.29, 1.82) is 0 Å². The van der Waals surface area contributed by atoms with Gasteiger partial charge < -0.3 is 9.67 Å². The average molecular weight is 244 g/mol. The highest BCUT2D eigenvalue weighted by Crippen LogP contribution is 2.19. The third-order valence-electron chi connectivity index (χ3n) is 2.83. The summed E-state index contributed by atoms with van der Waals surface area (Å²) in [6.07, 6.45) is 5.33. The van der Waals surface area contributed by atoms with Gasteiger partial charge in [0.15, 0.2) is 0 Å². The van der Waals surface area contributed by atoms with Gasteiger partial charge in [0, 0.05) is 18.8 Å². The first kappa shape index (κ1) is 12.4. The second-order valence-corrected chi connectivity index (χ2v) is 4.29. The Bertz CT molecular complexity index is 573. The van der Waals surface area contributed by atoms with Crippen molar-refractivity contribution in [1.82, 2.24) is 9.55 Å². The number of hydrogen-bond acceptors (Lipinski definition) is 2. The molecule has 1 heterocycles. The lowest BCUT2D eigenvalue weighted by Crippen LogP contribution is -2.08. The topological polar surface area (TPSA) is 55.1 Å². The van der Waals surface area contributed by atoms with E-state index >= 15 is 0 Å². The molecule has 0 atom stereocenters. The van der Waals surface area contributed by atoms with Crippen LogP contribution in [0.5, 0.6) is 0 Å². The van der Waals surface area contributed by atoms with Gasteiger partial charge in [-0.05, 0) is 31.0 Å². The third-order valence-corrected chi connectivity index (χ3v) is 2.83. The quantitative estimate of drug-likeness (QED) is 0.899. The van der Waals surface area contributed by atoms with E-state index in [2.05, 4.69) is 11.9 Å². The highest BCUT2D eigenvalue weighted by molar-refractivity contribution is 5.92. The second-order valence-electron chi connectivity index (χ2n) is 4.29. The summed E-state index contributed by atoms with van der Waals surface area (Å²) in [5.74, 6) is -0.0215. The van der Waals surface area contributed by atoms with Gasteiger partial charge in [0.25, 0.3) is 0 Å². The molecule has 0 aliphatic heterocycles. The smallest absolute Gasteiger partial charge is 0.337 e. The lowest BCUT2D eigenvalue weighted by molar-refractivity contribution is 0.0697. The Morgan fingerprint density at radius 2 is 2.22 bits per heavy atom. The summed E-state index contributed by atoms with van der Waals surface area (Å²) < 4.78 is 1.86. The molecular weight excluding hydrogens is 228 g/mol. The fourth-order valence-corrected chi connectivity index (χ4v) is 1.98. The van der Waals surface area contributed by atoms with Crippen LogP contribution in [-0.4, -0.2) is 20.6 Å². The lowest BCUT2D eigenvalue weighted by Gasteiger charge is -2.11. The van der Waals surface area contributed by atoms with E-state index in [1.807, 2.05) is 29.8 Å². The Balaban J connectivity index is 2.58. The molecular formula is C14H16N2O2. The first-order valence-corrected chi connectivity index (χ1v) is 6.00. The number of hydrogen-bond donors (Lipinski definition) is 1. The van der Waals surface area contributed by atoms with E-state index in [1.54, 1.807) is 12.3 Å². The molecule has 94 valence electrons. The molecule has 18 heavy (non-hydrogen) atoms. The zero-order valence-electron chi connectivity index (χ0n) is 10.6. The number of benzene rings is 1. The molecule has 0 saturated heterocycles. The minimum absolute atomic E-state index is 0.302. The molecule has 0 spiro atoms. The molecule has 0 aliphatic carbocycles. The Morgan fingerprint density at radius 1 is 1.44 bits per heavy atom. The van der Waals surface area contributed by atoms with Gasteiger partial charge in [-0.1, -0.05) is 13.0 Å². The van der Waals surface area contributed by atoms with Gasteiger partial charge in [-0.2, -0.15) is 0 Å². The van der Waals surface area contributed by atoms with Crippen molar-refractivity contribution < 1.29 is 9.90 Å². The van der Waals surface area contributed by atoms with Crippen LogP contribution in [0.2, 0.25) is 0 Å². The van der Waals surface area contributed by atoms with Crippen LogP contribution in [0, 0.1) is 6.92 Å². The maximum absolute atomic E-state index is 11.3. The Morgan fingerprint density at radius 3 is 2.89 bits per heavy atom. The summed E-state index contributed by atoms with van der Waals surface area (Å²) in [4.78, 5) is 15.5.